The van der Waals surface area contributed by atoms with Crippen LogP contribution in [0.4, 0.5) is 0 Å². The number of carboxylic acids is 2. The summed E-state index contributed by atoms with van der Waals surface area (Å²) in [7, 11) is 0. The van der Waals surface area contributed by atoms with Crippen molar-refractivity contribution in [1.29, 1.82) is 0 Å². The highest BCUT2D eigenvalue weighted by atomic mass is 16.5. The number of fused-ring (bicyclic) bond motifs is 7. The number of hydrogen-bond acceptors (Lipinski definition) is 6. The number of esters is 2. The van der Waals surface area contributed by atoms with Gasteiger partial charge in [0.1, 0.15) is 6.10 Å². The minimum atomic E-state index is -1.02. The van der Waals surface area contributed by atoms with Gasteiger partial charge in [0.25, 0.3) is 0 Å². The maximum atomic E-state index is 13.1. The van der Waals surface area contributed by atoms with Crippen LogP contribution in [0.2, 0.25) is 0 Å². The molecule has 0 aromatic heterocycles. The van der Waals surface area contributed by atoms with Gasteiger partial charge in [-0.3, -0.25) is 19.2 Å². The molecule has 0 aromatic rings. The minimum Gasteiger partial charge on any atom is -0.481 e. The summed E-state index contributed by atoms with van der Waals surface area (Å²) in [6.45, 7) is 15.9. The number of hydrogen-bond donors (Lipinski definition) is 2. The Hall–Kier alpha value is -2.12. The lowest BCUT2D eigenvalue weighted by molar-refractivity contribution is -0.251. The standard InChI is InChI=1S/C36H56O8/c1-21(20-43-29(40)11-10-28(38)39)23-12-17-36(31(41)42)19-18-34(6)24(30(23)36)8-9-26-33(5)15-14-27(44-22(2)37)32(3,4)25(33)13-16-35(26,34)7/h21,23-27,30H,8-20H2,1-7H3,(H,38,39)(H,41,42)/t21-,23-,24?,25?,26?,27+,30?,33-,34+,35+,36-/m0/s1. The number of carbonyl (C=O) groups excluding carboxylic acids is 2. The summed E-state index contributed by atoms with van der Waals surface area (Å²) in [5.74, 6) is -0.915. The van der Waals surface area contributed by atoms with Gasteiger partial charge in [0.05, 0.1) is 24.9 Å². The Balaban J connectivity index is 1.42. The average molecular weight is 617 g/mol. The Kier molecular flexibility index (Phi) is 8.53. The number of aliphatic carboxylic acids is 2. The average Bonchev–Trinajstić information content (AvgIpc) is 3.33. The lowest BCUT2D eigenvalue weighted by atomic mass is 9.32. The van der Waals surface area contributed by atoms with Crippen LogP contribution in [0.25, 0.3) is 0 Å². The van der Waals surface area contributed by atoms with Crippen molar-refractivity contribution < 1.29 is 38.9 Å². The molecule has 5 saturated carbocycles. The highest BCUT2D eigenvalue weighted by Crippen LogP contribution is 2.77. The van der Waals surface area contributed by atoms with Gasteiger partial charge in [-0.15, -0.1) is 0 Å². The third-order valence-electron chi connectivity index (χ3n) is 14.9. The predicted octanol–water partition coefficient (Wildman–Crippen LogP) is 7.13. The normalized spacial score (nSPS) is 44.6. The van der Waals surface area contributed by atoms with Gasteiger partial charge in [-0.05, 0) is 116 Å². The second kappa shape index (κ2) is 11.3. The Bertz CT molecular complexity index is 1180. The summed E-state index contributed by atoms with van der Waals surface area (Å²) < 4.78 is 11.4. The van der Waals surface area contributed by atoms with Gasteiger partial charge < -0.3 is 19.7 Å². The summed E-state index contributed by atoms with van der Waals surface area (Å²) in [5, 5.41) is 19.7. The zero-order chi connectivity index (χ0) is 32.5. The van der Waals surface area contributed by atoms with Crippen molar-refractivity contribution in [3.05, 3.63) is 0 Å². The van der Waals surface area contributed by atoms with Gasteiger partial charge in [0, 0.05) is 12.3 Å². The molecule has 0 aromatic carbocycles. The molecule has 0 radical (unpaired) electrons. The van der Waals surface area contributed by atoms with E-state index in [-0.39, 0.29) is 76.9 Å². The maximum Gasteiger partial charge on any atom is 0.309 e. The summed E-state index contributed by atoms with van der Waals surface area (Å²) in [6, 6.07) is 0. The summed E-state index contributed by atoms with van der Waals surface area (Å²) in [5.41, 5.74) is -0.614. The molecular weight excluding hydrogens is 560 g/mol. The SMILES string of the molecule is CC(=O)O[C@@H]1CC[C@@]2(C)C(CC[C@]3(C)C2CCC2C4[C@H]([C@@H](C)COC(=O)CCC(=O)O)CC[C@]4(C(=O)O)CC[C@]23C)C1(C)C. The third kappa shape index (κ3) is 4.90. The zero-order valence-corrected chi connectivity index (χ0v) is 28.1. The van der Waals surface area contributed by atoms with Crippen molar-refractivity contribution >= 4 is 23.9 Å². The molecule has 5 aliphatic rings. The first-order valence-corrected chi connectivity index (χ1v) is 17.2. The highest BCUT2D eigenvalue weighted by Gasteiger charge is 2.72. The molecule has 0 aliphatic heterocycles. The topological polar surface area (TPSA) is 127 Å². The highest BCUT2D eigenvalue weighted by molar-refractivity contribution is 5.77. The zero-order valence-electron chi connectivity index (χ0n) is 28.1. The second-order valence-corrected chi connectivity index (χ2v) is 16.9. The summed E-state index contributed by atoms with van der Waals surface area (Å²) in [4.78, 5) is 48.3. The van der Waals surface area contributed by atoms with Crippen LogP contribution in [-0.2, 0) is 28.7 Å². The molecule has 4 unspecified atom stereocenters. The van der Waals surface area contributed by atoms with E-state index < -0.39 is 23.3 Å². The van der Waals surface area contributed by atoms with Crippen LogP contribution in [0.15, 0.2) is 0 Å². The van der Waals surface area contributed by atoms with E-state index in [1.54, 1.807) is 0 Å². The van der Waals surface area contributed by atoms with Crippen molar-refractivity contribution in [1.82, 2.24) is 0 Å². The fraction of sp³-hybridized carbons (Fsp3) is 0.889. The van der Waals surface area contributed by atoms with Crippen LogP contribution in [0, 0.1) is 62.6 Å². The molecule has 0 spiro atoms. The maximum absolute atomic E-state index is 13.1. The molecule has 8 nitrogen and oxygen atoms in total. The smallest absolute Gasteiger partial charge is 0.309 e. The molecule has 11 atom stereocenters. The van der Waals surface area contributed by atoms with Crippen molar-refractivity contribution in [2.45, 2.75) is 132 Å². The monoisotopic (exact) mass is 616 g/mol. The number of carbonyl (C=O) groups is 4. The van der Waals surface area contributed by atoms with Crippen molar-refractivity contribution in [2.24, 2.45) is 62.6 Å². The molecule has 2 N–H and O–H groups in total. The van der Waals surface area contributed by atoms with E-state index in [2.05, 4.69) is 41.5 Å². The lowest BCUT2D eigenvalue weighted by Crippen LogP contribution is -2.67. The molecule has 0 amide bonds. The largest absolute Gasteiger partial charge is 0.481 e. The van der Waals surface area contributed by atoms with E-state index in [1.165, 1.54) is 6.92 Å². The van der Waals surface area contributed by atoms with Crippen LogP contribution in [-0.4, -0.2) is 46.8 Å². The molecule has 5 rings (SSSR count). The first kappa shape index (κ1) is 33.2. The van der Waals surface area contributed by atoms with Crippen molar-refractivity contribution in [3.8, 4) is 0 Å². The predicted molar refractivity (Wildman–Crippen MR) is 164 cm³/mol. The molecule has 248 valence electrons. The fourth-order valence-electron chi connectivity index (χ4n) is 12.7. The molecule has 0 heterocycles. The second-order valence-electron chi connectivity index (χ2n) is 16.9. The first-order valence-electron chi connectivity index (χ1n) is 17.2. The Morgan fingerprint density at radius 3 is 2.14 bits per heavy atom. The molecule has 0 bridgehead atoms. The van der Waals surface area contributed by atoms with Crippen LogP contribution in [0.3, 0.4) is 0 Å². The van der Waals surface area contributed by atoms with E-state index >= 15 is 0 Å². The van der Waals surface area contributed by atoms with Gasteiger partial charge in [0.15, 0.2) is 0 Å². The van der Waals surface area contributed by atoms with E-state index in [4.69, 9.17) is 14.6 Å². The van der Waals surface area contributed by atoms with Gasteiger partial charge in [-0.25, -0.2) is 0 Å². The van der Waals surface area contributed by atoms with Gasteiger partial charge in [-0.2, -0.15) is 0 Å². The molecule has 5 aliphatic carbocycles. The number of carboxylic acid groups (broad SMARTS) is 2. The van der Waals surface area contributed by atoms with E-state index in [9.17, 15) is 24.3 Å². The Morgan fingerprint density at radius 1 is 0.795 bits per heavy atom. The molecule has 0 saturated heterocycles. The quantitative estimate of drug-likeness (QED) is 0.276. The van der Waals surface area contributed by atoms with Gasteiger partial charge in [0.2, 0.25) is 0 Å². The van der Waals surface area contributed by atoms with Crippen molar-refractivity contribution in [2.75, 3.05) is 6.61 Å². The first-order chi connectivity index (χ1) is 20.4. The van der Waals surface area contributed by atoms with E-state index in [0.29, 0.717) is 24.7 Å². The minimum absolute atomic E-state index is 0.00482. The van der Waals surface area contributed by atoms with Crippen LogP contribution >= 0.6 is 0 Å². The summed E-state index contributed by atoms with van der Waals surface area (Å²) in [6.07, 6.45) is 8.93. The van der Waals surface area contributed by atoms with Gasteiger partial charge in [-0.1, -0.05) is 41.5 Å². The van der Waals surface area contributed by atoms with Crippen LogP contribution in [0.5, 0.6) is 0 Å². The van der Waals surface area contributed by atoms with Gasteiger partial charge >= 0.3 is 23.9 Å². The summed E-state index contributed by atoms with van der Waals surface area (Å²) >= 11 is 0. The molecule has 44 heavy (non-hydrogen) atoms. The molecule has 5 fully saturated rings. The molecule has 8 heteroatoms. The van der Waals surface area contributed by atoms with Crippen LogP contribution in [0.1, 0.15) is 126 Å². The molecular formula is C36H56O8. The van der Waals surface area contributed by atoms with E-state index in [1.807, 2.05) is 0 Å². The van der Waals surface area contributed by atoms with Crippen molar-refractivity contribution in [3.63, 3.8) is 0 Å². The van der Waals surface area contributed by atoms with Crippen LogP contribution < -0.4 is 0 Å². The lowest BCUT2D eigenvalue weighted by Gasteiger charge is -2.72. The Labute approximate surface area is 263 Å². The van der Waals surface area contributed by atoms with E-state index in [0.717, 1.165) is 51.4 Å². The Morgan fingerprint density at radius 2 is 1.50 bits per heavy atom. The number of ether oxygens (including phenoxy) is 2. The fourth-order valence-corrected chi connectivity index (χ4v) is 12.7. The number of rotatable bonds is 8. The third-order valence-corrected chi connectivity index (χ3v) is 14.9.